The van der Waals surface area contributed by atoms with Gasteiger partial charge in [-0.15, -0.1) is 0 Å². The van der Waals surface area contributed by atoms with Gasteiger partial charge in [0.1, 0.15) is 0 Å². The lowest BCUT2D eigenvalue weighted by Crippen LogP contribution is -2.41. The molecule has 0 atom stereocenters. The predicted molar refractivity (Wildman–Crippen MR) is 73.3 cm³/mol. The smallest absolute Gasteiger partial charge is 0.491 e. The lowest BCUT2D eigenvalue weighted by atomic mass is 9.79. The highest BCUT2D eigenvalue weighted by Gasteiger charge is 2.51. The van der Waals surface area contributed by atoms with Crippen molar-refractivity contribution in [1.82, 2.24) is 0 Å². The summed E-state index contributed by atoms with van der Waals surface area (Å²) < 4.78 is 30.8. The van der Waals surface area contributed by atoms with Crippen LogP contribution >= 0.6 is 0 Å². The number of benzene rings is 1. The molecule has 0 aliphatic carbocycles. The summed E-state index contributed by atoms with van der Waals surface area (Å²) in [6, 6.07) is 4.79. The summed E-state index contributed by atoms with van der Waals surface area (Å²) in [5, 5.41) is 0. The second-order valence-corrected chi connectivity index (χ2v) is 5.71. The van der Waals surface area contributed by atoms with Crippen molar-refractivity contribution in [3.05, 3.63) is 24.0 Å². The van der Waals surface area contributed by atoms with Crippen LogP contribution in [0.2, 0.25) is 0 Å². The monoisotopic (exact) mass is 266 g/mol. The van der Waals surface area contributed by atoms with E-state index < -0.39 is 24.1 Å². The minimum absolute atomic E-state index is 0.253. The van der Waals surface area contributed by atoms with Gasteiger partial charge in [-0.05, 0) is 52.2 Å². The van der Waals surface area contributed by atoms with Gasteiger partial charge >= 0.3 is 7.12 Å². The van der Waals surface area contributed by atoms with Crippen molar-refractivity contribution < 1.29 is 18.4 Å². The lowest BCUT2D eigenvalue weighted by Gasteiger charge is -2.32. The quantitative estimate of drug-likeness (QED) is 0.787. The van der Waals surface area contributed by atoms with E-state index in [-0.39, 0.29) is 5.75 Å². The fourth-order valence-corrected chi connectivity index (χ4v) is 1.92. The number of hydrogen-bond donors (Lipinski definition) is 0. The van der Waals surface area contributed by atoms with Crippen LogP contribution in [0.3, 0.4) is 0 Å². The van der Waals surface area contributed by atoms with Crippen molar-refractivity contribution in [2.75, 3.05) is 6.61 Å². The Kier molecular flexibility index (Phi) is 3.62. The third-order valence-corrected chi connectivity index (χ3v) is 3.78. The summed E-state index contributed by atoms with van der Waals surface area (Å²) >= 11 is 0. The standard InChI is InChI=1S/C14H20BFO3/c1-6-17-12-8-7-10(9-11(12)16)15-18-13(2,3)14(4,5)19-15/h7-9H,6H2,1-5H3. The van der Waals surface area contributed by atoms with E-state index in [1.54, 1.807) is 12.1 Å². The van der Waals surface area contributed by atoms with Crippen LogP contribution in [-0.4, -0.2) is 24.9 Å². The highest BCUT2D eigenvalue weighted by atomic mass is 19.1. The molecule has 1 aliphatic heterocycles. The minimum atomic E-state index is -0.546. The molecule has 1 heterocycles. The van der Waals surface area contributed by atoms with Gasteiger partial charge in [-0.2, -0.15) is 0 Å². The van der Waals surface area contributed by atoms with Crippen molar-refractivity contribution in [3.63, 3.8) is 0 Å². The van der Waals surface area contributed by atoms with Gasteiger partial charge in [0, 0.05) is 0 Å². The first-order valence-corrected chi connectivity index (χ1v) is 6.55. The fraction of sp³-hybridized carbons (Fsp3) is 0.571. The molecule has 0 N–H and O–H groups in total. The Labute approximate surface area is 114 Å². The summed E-state index contributed by atoms with van der Waals surface area (Å²) in [7, 11) is -0.546. The summed E-state index contributed by atoms with van der Waals surface area (Å²) in [4.78, 5) is 0. The third-order valence-electron chi connectivity index (χ3n) is 3.78. The second-order valence-electron chi connectivity index (χ2n) is 5.71. The van der Waals surface area contributed by atoms with Crippen molar-refractivity contribution in [3.8, 4) is 5.75 Å². The molecule has 1 saturated heterocycles. The highest BCUT2D eigenvalue weighted by molar-refractivity contribution is 6.62. The first-order chi connectivity index (χ1) is 8.77. The van der Waals surface area contributed by atoms with Crippen LogP contribution in [0, 0.1) is 5.82 Å². The van der Waals surface area contributed by atoms with Crippen LogP contribution in [0.5, 0.6) is 5.75 Å². The van der Waals surface area contributed by atoms with Gasteiger partial charge in [-0.3, -0.25) is 0 Å². The van der Waals surface area contributed by atoms with Gasteiger partial charge < -0.3 is 14.0 Å². The van der Waals surface area contributed by atoms with Crippen LogP contribution < -0.4 is 10.2 Å². The average molecular weight is 266 g/mol. The first kappa shape index (κ1) is 14.3. The Bertz CT molecular complexity index is 458. The maximum Gasteiger partial charge on any atom is 0.494 e. The molecule has 0 spiro atoms. The van der Waals surface area contributed by atoms with Crippen molar-refractivity contribution in [2.24, 2.45) is 0 Å². The molecule has 1 aromatic carbocycles. The molecule has 3 nitrogen and oxygen atoms in total. The Morgan fingerprint density at radius 3 is 2.21 bits per heavy atom. The highest BCUT2D eigenvalue weighted by Crippen LogP contribution is 2.36. The predicted octanol–water partition coefficient (Wildman–Crippen LogP) is 2.52. The average Bonchev–Trinajstić information content (AvgIpc) is 2.51. The zero-order chi connectivity index (χ0) is 14.3. The molecule has 0 radical (unpaired) electrons. The Morgan fingerprint density at radius 2 is 1.74 bits per heavy atom. The summed E-state index contributed by atoms with van der Waals surface area (Å²) in [6.07, 6.45) is 0. The van der Waals surface area contributed by atoms with Gasteiger partial charge in [0.05, 0.1) is 17.8 Å². The SMILES string of the molecule is CCOc1ccc(B2OC(C)(C)C(C)(C)O2)cc1F. The fourth-order valence-electron chi connectivity index (χ4n) is 1.92. The van der Waals surface area contributed by atoms with Crippen LogP contribution in [0.4, 0.5) is 4.39 Å². The molecule has 104 valence electrons. The first-order valence-electron chi connectivity index (χ1n) is 6.55. The lowest BCUT2D eigenvalue weighted by molar-refractivity contribution is 0.00578. The van der Waals surface area contributed by atoms with E-state index in [0.29, 0.717) is 12.1 Å². The van der Waals surface area contributed by atoms with Gasteiger partial charge in [0.2, 0.25) is 0 Å². The zero-order valence-electron chi connectivity index (χ0n) is 12.1. The maximum atomic E-state index is 13.8. The number of halogens is 1. The summed E-state index contributed by atoms with van der Waals surface area (Å²) in [5.41, 5.74) is -0.181. The topological polar surface area (TPSA) is 27.7 Å². The van der Waals surface area contributed by atoms with Crippen molar-refractivity contribution in [1.29, 1.82) is 0 Å². The molecule has 0 amide bonds. The molecule has 2 rings (SSSR count). The van der Waals surface area contributed by atoms with Crippen LogP contribution in [0.15, 0.2) is 18.2 Å². The van der Waals surface area contributed by atoms with Crippen LogP contribution in [0.25, 0.3) is 0 Å². The molecule has 0 unspecified atom stereocenters. The van der Waals surface area contributed by atoms with Crippen molar-refractivity contribution in [2.45, 2.75) is 45.8 Å². The minimum Gasteiger partial charge on any atom is -0.491 e. The number of hydrogen-bond acceptors (Lipinski definition) is 3. The molecule has 1 aromatic rings. The van der Waals surface area contributed by atoms with E-state index in [4.69, 9.17) is 14.0 Å². The normalized spacial score (nSPS) is 20.6. The summed E-state index contributed by atoms with van der Waals surface area (Å²) in [5.74, 6) is -0.142. The van der Waals surface area contributed by atoms with Crippen LogP contribution in [0.1, 0.15) is 34.6 Å². The summed E-state index contributed by atoms with van der Waals surface area (Å²) in [6.45, 7) is 10.1. The Balaban J connectivity index is 2.23. The van der Waals surface area contributed by atoms with Gasteiger partial charge in [-0.1, -0.05) is 6.07 Å². The molecular formula is C14H20BFO3. The molecular weight excluding hydrogens is 246 g/mol. The molecule has 0 saturated carbocycles. The van der Waals surface area contributed by atoms with Gasteiger partial charge in [0.25, 0.3) is 0 Å². The molecule has 5 heteroatoms. The van der Waals surface area contributed by atoms with E-state index in [1.807, 2.05) is 34.6 Å². The van der Waals surface area contributed by atoms with E-state index in [2.05, 4.69) is 0 Å². The largest absolute Gasteiger partial charge is 0.494 e. The Morgan fingerprint density at radius 1 is 1.16 bits per heavy atom. The molecule has 0 aromatic heterocycles. The van der Waals surface area contributed by atoms with Gasteiger partial charge in [0.15, 0.2) is 11.6 Å². The zero-order valence-corrected chi connectivity index (χ0v) is 12.1. The van der Waals surface area contributed by atoms with E-state index in [0.717, 1.165) is 0 Å². The van der Waals surface area contributed by atoms with Crippen LogP contribution in [-0.2, 0) is 9.31 Å². The van der Waals surface area contributed by atoms with E-state index in [9.17, 15) is 4.39 Å². The van der Waals surface area contributed by atoms with Gasteiger partial charge in [-0.25, -0.2) is 4.39 Å². The third kappa shape index (κ3) is 2.62. The number of rotatable bonds is 3. The Hall–Kier alpha value is -1.07. The van der Waals surface area contributed by atoms with E-state index >= 15 is 0 Å². The van der Waals surface area contributed by atoms with E-state index in [1.165, 1.54) is 6.07 Å². The molecule has 0 bridgehead atoms. The molecule has 1 aliphatic rings. The number of ether oxygens (including phenoxy) is 1. The second kappa shape index (κ2) is 4.80. The maximum absolute atomic E-state index is 13.8. The molecule has 1 fully saturated rings. The molecule has 19 heavy (non-hydrogen) atoms. The van der Waals surface area contributed by atoms with Crippen molar-refractivity contribution >= 4 is 12.6 Å².